The van der Waals surface area contributed by atoms with E-state index in [-0.39, 0.29) is 0 Å². The predicted octanol–water partition coefficient (Wildman–Crippen LogP) is 2.52. The zero-order chi connectivity index (χ0) is 9.54. The minimum atomic E-state index is 0.555. The van der Waals surface area contributed by atoms with Crippen LogP contribution in [-0.2, 0) is 0 Å². The van der Waals surface area contributed by atoms with E-state index in [4.69, 9.17) is 6.57 Å². The van der Waals surface area contributed by atoms with Crippen molar-refractivity contribution in [1.29, 1.82) is 0 Å². The molecule has 1 aliphatic carbocycles. The van der Waals surface area contributed by atoms with Crippen LogP contribution in [0.2, 0.25) is 0 Å². The first-order valence-electron chi connectivity index (χ1n) is 5.09. The maximum atomic E-state index is 6.88. The maximum Gasteiger partial charge on any atom is 0.187 e. The summed E-state index contributed by atoms with van der Waals surface area (Å²) in [5.74, 6) is 1.80. The van der Waals surface area contributed by atoms with Crippen molar-refractivity contribution in [2.75, 3.05) is 6.54 Å². The van der Waals surface area contributed by atoms with Crippen LogP contribution in [0.3, 0.4) is 0 Å². The molecule has 2 nitrogen and oxygen atoms in total. The molecule has 1 saturated carbocycles. The van der Waals surface area contributed by atoms with Gasteiger partial charge in [-0.05, 0) is 30.4 Å². The van der Waals surface area contributed by atoms with Gasteiger partial charge in [0.05, 0.1) is 6.57 Å². The number of benzene rings is 1. The van der Waals surface area contributed by atoms with Crippen molar-refractivity contribution in [3.8, 4) is 0 Å². The third kappa shape index (κ3) is 1.13. The highest BCUT2D eigenvalue weighted by Gasteiger charge is 2.48. The molecule has 1 saturated heterocycles. The molecule has 1 aliphatic heterocycles. The van der Waals surface area contributed by atoms with Gasteiger partial charge in [-0.2, -0.15) is 0 Å². The van der Waals surface area contributed by atoms with E-state index in [0.717, 1.165) is 17.5 Å². The summed E-state index contributed by atoms with van der Waals surface area (Å²) in [6.07, 6.45) is 1.39. The Morgan fingerprint density at radius 2 is 2.07 bits per heavy atom. The van der Waals surface area contributed by atoms with Crippen molar-refractivity contribution in [2.24, 2.45) is 11.8 Å². The Labute approximate surface area is 83.8 Å². The highest BCUT2D eigenvalue weighted by Crippen LogP contribution is 2.51. The fraction of sp³-hybridized carbons (Fsp3) is 0.417. The Morgan fingerprint density at radius 1 is 1.29 bits per heavy atom. The second-order valence-electron chi connectivity index (χ2n) is 4.25. The summed E-state index contributed by atoms with van der Waals surface area (Å²) in [6.45, 7) is 8.06. The largest absolute Gasteiger partial charge is 0.309 e. The fourth-order valence-electron chi connectivity index (χ4n) is 2.46. The number of nitrogens with zero attached hydrogens (tertiary/aromatic N) is 1. The first-order chi connectivity index (χ1) is 6.88. The van der Waals surface area contributed by atoms with Gasteiger partial charge in [0.1, 0.15) is 0 Å². The van der Waals surface area contributed by atoms with Crippen molar-refractivity contribution in [3.63, 3.8) is 0 Å². The van der Waals surface area contributed by atoms with Gasteiger partial charge in [-0.25, -0.2) is 4.85 Å². The Bertz CT molecular complexity index is 388. The average molecular weight is 184 g/mol. The van der Waals surface area contributed by atoms with Gasteiger partial charge in [-0.1, -0.05) is 24.3 Å². The molecule has 1 aromatic rings. The van der Waals surface area contributed by atoms with Gasteiger partial charge >= 0.3 is 0 Å². The molecule has 0 bridgehead atoms. The quantitative estimate of drug-likeness (QED) is 0.663. The fourth-order valence-corrected chi connectivity index (χ4v) is 2.46. The first-order valence-corrected chi connectivity index (χ1v) is 5.09. The van der Waals surface area contributed by atoms with Crippen LogP contribution in [0, 0.1) is 18.4 Å². The summed E-state index contributed by atoms with van der Waals surface area (Å²) >= 11 is 0. The summed E-state index contributed by atoms with van der Waals surface area (Å²) in [5.41, 5.74) is 2.08. The van der Waals surface area contributed by atoms with Gasteiger partial charge in [-0.3, -0.25) is 0 Å². The normalized spacial score (nSPS) is 33.5. The van der Waals surface area contributed by atoms with Crippen LogP contribution in [0.5, 0.6) is 0 Å². The minimum absolute atomic E-state index is 0.555. The van der Waals surface area contributed by atoms with Gasteiger partial charge in [0.25, 0.3) is 0 Å². The Balaban J connectivity index is 1.86. The van der Waals surface area contributed by atoms with Gasteiger partial charge in [-0.15, -0.1) is 0 Å². The molecular weight excluding hydrogens is 172 g/mol. The second-order valence-corrected chi connectivity index (χ2v) is 4.25. The molecule has 0 spiro atoms. The monoisotopic (exact) mass is 184 g/mol. The smallest absolute Gasteiger partial charge is 0.187 e. The molecular formula is C12H12N2. The standard InChI is InChI=1S/C12H12N2/c1-13-10-4-2-8(3-5-10)12-11-6-9(11)7-14-12/h2-5,9,11-12,14H,6-7H2. The van der Waals surface area contributed by atoms with Gasteiger partial charge in [0, 0.05) is 6.04 Å². The topological polar surface area (TPSA) is 16.4 Å². The lowest BCUT2D eigenvalue weighted by molar-refractivity contribution is 0.563. The van der Waals surface area contributed by atoms with Crippen LogP contribution in [-0.4, -0.2) is 6.54 Å². The summed E-state index contributed by atoms with van der Waals surface area (Å²) in [5, 5.41) is 3.53. The zero-order valence-electron chi connectivity index (χ0n) is 7.90. The Kier molecular flexibility index (Phi) is 1.62. The van der Waals surface area contributed by atoms with Crippen molar-refractivity contribution in [3.05, 3.63) is 41.2 Å². The zero-order valence-corrected chi connectivity index (χ0v) is 7.90. The van der Waals surface area contributed by atoms with Gasteiger partial charge in [0.15, 0.2) is 5.69 Å². The maximum absolute atomic E-state index is 6.88. The minimum Gasteiger partial charge on any atom is -0.309 e. The van der Waals surface area contributed by atoms with Crippen molar-refractivity contribution in [2.45, 2.75) is 12.5 Å². The van der Waals surface area contributed by atoms with Crippen LogP contribution in [0.15, 0.2) is 24.3 Å². The highest BCUT2D eigenvalue weighted by molar-refractivity contribution is 5.46. The van der Waals surface area contributed by atoms with Crippen LogP contribution in [0.25, 0.3) is 4.85 Å². The third-order valence-corrected chi connectivity index (χ3v) is 3.39. The highest BCUT2D eigenvalue weighted by atomic mass is 15.0. The van der Waals surface area contributed by atoms with Crippen LogP contribution >= 0.6 is 0 Å². The van der Waals surface area contributed by atoms with E-state index in [9.17, 15) is 0 Å². The molecule has 0 aromatic heterocycles. The SMILES string of the molecule is [C-]#[N+]c1ccc(C2NCC3CC32)cc1. The Hall–Kier alpha value is -1.33. The number of hydrogen-bond donors (Lipinski definition) is 1. The predicted molar refractivity (Wildman–Crippen MR) is 55.0 cm³/mol. The second kappa shape index (κ2) is 2.83. The third-order valence-electron chi connectivity index (χ3n) is 3.39. The number of piperidine rings is 1. The molecule has 14 heavy (non-hydrogen) atoms. The molecule has 0 amide bonds. The van der Waals surface area contributed by atoms with E-state index in [2.05, 4.69) is 22.3 Å². The van der Waals surface area contributed by atoms with Gasteiger partial charge in [0.2, 0.25) is 0 Å². The molecule has 2 fully saturated rings. The Morgan fingerprint density at radius 3 is 2.57 bits per heavy atom. The van der Waals surface area contributed by atoms with Crippen LogP contribution in [0.4, 0.5) is 5.69 Å². The van der Waals surface area contributed by atoms with Crippen LogP contribution < -0.4 is 5.32 Å². The average Bonchev–Trinajstić information content (AvgIpc) is 2.91. The molecule has 2 aliphatic rings. The number of fused-ring (bicyclic) bond motifs is 1. The van der Waals surface area contributed by atoms with Crippen LogP contribution in [0.1, 0.15) is 18.0 Å². The molecule has 1 heterocycles. The number of nitrogens with one attached hydrogen (secondary N) is 1. The molecule has 3 rings (SSSR count). The van der Waals surface area contributed by atoms with E-state index in [1.807, 2.05) is 12.1 Å². The number of rotatable bonds is 1. The van der Waals surface area contributed by atoms with E-state index < -0.39 is 0 Å². The molecule has 3 atom stereocenters. The molecule has 1 aromatic carbocycles. The summed E-state index contributed by atoms with van der Waals surface area (Å²) in [4.78, 5) is 3.40. The molecule has 0 radical (unpaired) electrons. The van der Waals surface area contributed by atoms with E-state index >= 15 is 0 Å². The summed E-state index contributed by atoms with van der Waals surface area (Å²) in [7, 11) is 0. The van der Waals surface area contributed by atoms with E-state index in [1.54, 1.807) is 0 Å². The van der Waals surface area contributed by atoms with E-state index in [1.165, 1.54) is 18.5 Å². The van der Waals surface area contributed by atoms with E-state index in [0.29, 0.717) is 6.04 Å². The molecule has 1 N–H and O–H groups in total. The van der Waals surface area contributed by atoms with Crippen molar-refractivity contribution >= 4 is 5.69 Å². The van der Waals surface area contributed by atoms with Crippen molar-refractivity contribution < 1.29 is 0 Å². The molecule has 3 unspecified atom stereocenters. The first kappa shape index (κ1) is 8.02. The number of hydrogen-bond acceptors (Lipinski definition) is 1. The lowest BCUT2D eigenvalue weighted by Crippen LogP contribution is -2.17. The summed E-state index contributed by atoms with van der Waals surface area (Å²) < 4.78 is 0. The lowest BCUT2D eigenvalue weighted by atomic mass is 10.0. The van der Waals surface area contributed by atoms with Gasteiger partial charge < -0.3 is 5.32 Å². The summed E-state index contributed by atoms with van der Waals surface area (Å²) in [6, 6.07) is 8.57. The lowest BCUT2D eigenvalue weighted by Gasteiger charge is -2.13. The van der Waals surface area contributed by atoms with Crippen molar-refractivity contribution in [1.82, 2.24) is 5.32 Å². The molecule has 70 valence electrons. The molecule has 2 heteroatoms.